The Hall–Kier alpha value is -2.20. The van der Waals surface area contributed by atoms with Gasteiger partial charge in [-0.05, 0) is 17.7 Å². The van der Waals surface area contributed by atoms with E-state index < -0.39 is 11.8 Å². The van der Waals surface area contributed by atoms with E-state index in [4.69, 9.17) is 9.47 Å². The van der Waals surface area contributed by atoms with E-state index in [2.05, 4.69) is 49.6 Å². The second kappa shape index (κ2) is 12.0. The molecule has 2 N–H and O–H groups in total. The van der Waals surface area contributed by atoms with Gasteiger partial charge in [-0.15, -0.1) is 0 Å². The average Bonchev–Trinajstić information content (AvgIpc) is 2.80. The predicted molar refractivity (Wildman–Crippen MR) is 119 cm³/mol. The molecule has 3 rings (SSSR count). The van der Waals surface area contributed by atoms with Crippen molar-refractivity contribution in [1.82, 2.24) is 20.4 Å². The van der Waals surface area contributed by atoms with E-state index in [0.717, 1.165) is 44.0 Å². The summed E-state index contributed by atoms with van der Waals surface area (Å²) in [6, 6.07) is 8.31. The molecule has 1 aromatic rings. The minimum Gasteiger partial charge on any atom is -0.379 e. The summed E-state index contributed by atoms with van der Waals surface area (Å²) in [4.78, 5) is 31.2. The molecular formula is C22H35N5O4. The lowest BCUT2D eigenvalue weighted by molar-refractivity contribution is -0.139. The molecule has 1 atom stereocenters. The van der Waals surface area contributed by atoms with E-state index in [0.29, 0.717) is 39.5 Å². The molecule has 0 bridgehead atoms. The van der Waals surface area contributed by atoms with Crippen LogP contribution >= 0.6 is 0 Å². The van der Waals surface area contributed by atoms with Crippen molar-refractivity contribution < 1.29 is 19.1 Å². The van der Waals surface area contributed by atoms with E-state index in [9.17, 15) is 9.59 Å². The SMILES string of the molecule is CN(C)c1ccc([C@H](CNC(=O)C(=O)NCCN2CCOCC2)N2CCOCC2)cc1. The quantitative estimate of drug-likeness (QED) is 0.544. The minimum absolute atomic E-state index is 0.00906. The Balaban J connectivity index is 1.52. The number of hydrogen-bond donors (Lipinski definition) is 2. The zero-order valence-corrected chi connectivity index (χ0v) is 18.6. The lowest BCUT2D eigenvalue weighted by Gasteiger charge is -2.35. The van der Waals surface area contributed by atoms with Gasteiger partial charge in [0.05, 0.1) is 32.5 Å². The monoisotopic (exact) mass is 433 g/mol. The molecule has 0 saturated carbocycles. The first-order chi connectivity index (χ1) is 15.0. The molecule has 0 aromatic heterocycles. The number of anilines is 1. The van der Waals surface area contributed by atoms with Gasteiger partial charge >= 0.3 is 11.8 Å². The van der Waals surface area contributed by atoms with Crippen LogP contribution in [0.3, 0.4) is 0 Å². The van der Waals surface area contributed by atoms with Gasteiger partial charge in [-0.2, -0.15) is 0 Å². The first kappa shape index (κ1) is 23.5. The normalized spacial score (nSPS) is 18.9. The first-order valence-electron chi connectivity index (χ1n) is 11.0. The van der Waals surface area contributed by atoms with Gasteiger partial charge in [0.15, 0.2) is 0 Å². The molecule has 2 aliphatic rings. The number of carbonyl (C=O) groups is 2. The van der Waals surface area contributed by atoms with Crippen molar-refractivity contribution in [3.8, 4) is 0 Å². The Morgan fingerprint density at radius 1 is 0.935 bits per heavy atom. The average molecular weight is 434 g/mol. The number of morpholine rings is 2. The largest absolute Gasteiger partial charge is 0.379 e. The van der Waals surface area contributed by atoms with Crippen LogP contribution in [0.4, 0.5) is 5.69 Å². The fourth-order valence-electron chi connectivity index (χ4n) is 3.84. The van der Waals surface area contributed by atoms with Crippen LogP contribution in [0, 0.1) is 0 Å². The Kier molecular flexibility index (Phi) is 9.08. The number of nitrogens with zero attached hydrogens (tertiary/aromatic N) is 3. The van der Waals surface area contributed by atoms with Crippen LogP contribution in [0.2, 0.25) is 0 Å². The van der Waals surface area contributed by atoms with Gasteiger partial charge in [0, 0.05) is 65.6 Å². The van der Waals surface area contributed by atoms with E-state index in [-0.39, 0.29) is 6.04 Å². The summed E-state index contributed by atoms with van der Waals surface area (Å²) in [5, 5.41) is 5.55. The van der Waals surface area contributed by atoms with Crippen LogP contribution in [0.5, 0.6) is 0 Å². The number of nitrogens with one attached hydrogen (secondary N) is 2. The molecule has 9 nitrogen and oxygen atoms in total. The second-order valence-electron chi connectivity index (χ2n) is 8.07. The maximum absolute atomic E-state index is 12.4. The van der Waals surface area contributed by atoms with Gasteiger partial charge in [0.1, 0.15) is 0 Å². The van der Waals surface area contributed by atoms with Gasteiger partial charge in [-0.1, -0.05) is 12.1 Å². The highest BCUT2D eigenvalue weighted by Gasteiger charge is 2.24. The number of rotatable bonds is 8. The van der Waals surface area contributed by atoms with Crippen molar-refractivity contribution in [2.45, 2.75) is 6.04 Å². The van der Waals surface area contributed by atoms with Crippen molar-refractivity contribution in [3.05, 3.63) is 29.8 Å². The van der Waals surface area contributed by atoms with Crippen molar-refractivity contribution in [2.75, 3.05) is 91.2 Å². The molecule has 9 heteroatoms. The third kappa shape index (κ3) is 7.17. The molecule has 172 valence electrons. The zero-order valence-electron chi connectivity index (χ0n) is 18.6. The van der Waals surface area contributed by atoms with Crippen molar-refractivity contribution >= 4 is 17.5 Å². The summed E-state index contributed by atoms with van der Waals surface area (Å²) in [5.41, 5.74) is 2.23. The lowest BCUT2D eigenvalue weighted by atomic mass is 10.0. The van der Waals surface area contributed by atoms with Crippen LogP contribution in [0.1, 0.15) is 11.6 Å². The van der Waals surface area contributed by atoms with E-state index in [1.807, 2.05) is 14.1 Å². The number of carbonyl (C=O) groups excluding carboxylic acids is 2. The summed E-state index contributed by atoms with van der Waals surface area (Å²) in [6.07, 6.45) is 0. The fraction of sp³-hybridized carbons (Fsp3) is 0.636. The lowest BCUT2D eigenvalue weighted by Crippen LogP contribution is -2.48. The molecule has 2 fully saturated rings. The molecule has 2 heterocycles. The standard InChI is InChI=1S/C22H35N5O4/c1-25(2)19-5-3-18(4-6-19)20(27-11-15-31-16-12-27)17-24-22(29)21(28)23-7-8-26-9-13-30-14-10-26/h3-6,20H,7-17H2,1-2H3,(H,23,28)(H,24,29)/t20-/m0/s1. The maximum atomic E-state index is 12.4. The third-order valence-corrected chi connectivity index (χ3v) is 5.76. The molecule has 0 spiro atoms. The number of ether oxygens (including phenoxy) is 2. The summed E-state index contributed by atoms with van der Waals surface area (Å²) in [5.74, 6) is -1.18. The van der Waals surface area contributed by atoms with Gasteiger partial charge in [-0.3, -0.25) is 19.4 Å². The van der Waals surface area contributed by atoms with Gasteiger partial charge in [0.2, 0.25) is 0 Å². The molecule has 2 amide bonds. The van der Waals surface area contributed by atoms with E-state index in [1.165, 1.54) is 0 Å². The van der Waals surface area contributed by atoms with Crippen molar-refractivity contribution in [3.63, 3.8) is 0 Å². The van der Waals surface area contributed by atoms with Gasteiger partial charge in [0.25, 0.3) is 0 Å². The highest BCUT2D eigenvalue weighted by molar-refractivity contribution is 6.35. The van der Waals surface area contributed by atoms with E-state index >= 15 is 0 Å². The maximum Gasteiger partial charge on any atom is 0.309 e. The molecule has 31 heavy (non-hydrogen) atoms. The predicted octanol–water partition coefficient (Wildman–Crippen LogP) is -0.309. The first-order valence-corrected chi connectivity index (χ1v) is 11.0. The Labute approximate surface area is 184 Å². The van der Waals surface area contributed by atoms with Gasteiger partial charge in [-0.25, -0.2) is 0 Å². The Morgan fingerprint density at radius 3 is 2.13 bits per heavy atom. The molecule has 2 saturated heterocycles. The molecule has 0 aliphatic carbocycles. The van der Waals surface area contributed by atoms with Gasteiger partial charge < -0.3 is 25.0 Å². The number of benzene rings is 1. The second-order valence-corrected chi connectivity index (χ2v) is 8.07. The number of hydrogen-bond acceptors (Lipinski definition) is 7. The molecule has 0 radical (unpaired) electrons. The summed E-state index contributed by atoms with van der Waals surface area (Å²) < 4.78 is 10.8. The Morgan fingerprint density at radius 2 is 1.52 bits per heavy atom. The van der Waals surface area contributed by atoms with Crippen LogP contribution in [-0.2, 0) is 19.1 Å². The van der Waals surface area contributed by atoms with Crippen molar-refractivity contribution in [1.29, 1.82) is 0 Å². The molecule has 0 unspecified atom stereocenters. The third-order valence-electron chi connectivity index (χ3n) is 5.76. The summed E-state index contributed by atoms with van der Waals surface area (Å²) in [7, 11) is 4.01. The van der Waals surface area contributed by atoms with Crippen LogP contribution in [-0.4, -0.2) is 108 Å². The van der Waals surface area contributed by atoms with Crippen molar-refractivity contribution in [2.24, 2.45) is 0 Å². The topological polar surface area (TPSA) is 86.4 Å². The minimum atomic E-state index is -0.592. The summed E-state index contributed by atoms with van der Waals surface area (Å²) >= 11 is 0. The van der Waals surface area contributed by atoms with Crippen LogP contribution < -0.4 is 15.5 Å². The smallest absolute Gasteiger partial charge is 0.309 e. The Bertz CT molecular complexity index is 700. The summed E-state index contributed by atoms with van der Waals surface area (Å²) in [6.45, 7) is 7.61. The highest BCUT2D eigenvalue weighted by Crippen LogP contribution is 2.23. The highest BCUT2D eigenvalue weighted by atomic mass is 16.5. The number of amides is 2. The van der Waals surface area contributed by atoms with Crippen LogP contribution in [0.15, 0.2) is 24.3 Å². The zero-order chi connectivity index (χ0) is 22.1. The van der Waals surface area contributed by atoms with Crippen LogP contribution in [0.25, 0.3) is 0 Å². The van der Waals surface area contributed by atoms with E-state index in [1.54, 1.807) is 0 Å². The fourth-order valence-corrected chi connectivity index (χ4v) is 3.84. The molecule has 2 aliphatic heterocycles. The molecular weight excluding hydrogens is 398 g/mol. The molecule has 1 aromatic carbocycles.